The monoisotopic (exact) mass is 197 g/mol. The first-order valence-corrected chi connectivity index (χ1v) is 4.59. The number of nitrogens with one attached hydrogen (secondary N) is 1. The van der Waals surface area contributed by atoms with E-state index in [0.29, 0.717) is 5.95 Å². The van der Waals surface area contributed by atoms with Gasteiger partial charge in [0.25, 0.3) is 0 Å². The van der Waals surface area contributed by atoms with E-state index < -0.39 is 0 Å². The van der Waals surface area contributed by atoms with E-state index in [0.717, 1.165) is 17.7 Å². The van der Waals surface area contributed by atoms with Crippen molar-refractivity contribution in [3.05, 3.63) is 12.4 Å². The Labute approximate surface area is 81.8 Å². The van der Waals surface area contributed by atoms with Gasteiger partial charge in [0.1, 0.15) is 0 Å². The zero-order valence-corrected chi connectivity index (χ0v) is 7.96. The SMILES string of the molecule is OCC1(Nc2ncc(S)cn2)CC1. The minimum Gasteiger partial charge on any atom is -0.394 e. The van der Waals surface area contributed by atoms with Crippen LogP contribution in [-0.2, 0) is 0 Å². The lowest BCUT2D eigenvalue weighted by molar-refractivity contribution is 0.265. The molecule has 1 aliphatic carbocycles. The van der Waals surface area contributed by atoms with Crippen LogP contribution in [0.2, 0.25) is 0 Å². The highest BCUT2D eigenvalue weighted by molar-refractivity contribution is 7.80. The molecule has 0 saturated heterocycles. The van der Waals surface area contributed by atoms with Crippen molar-refractivity contribution >= 4 is 18.6 Å². The van der Waals surface area contributed by atoms with Crippen LogP contribution >= 0.6 is 12.6 Å². The minimum absolute atomic E-state index is 0.138. The van der Waals surface area contributed by atoms with E-state index in [4.69, 9.17) is 5.11 Å². The van der Waals surface area contributed by atoms with Crippen molar-refractivity contribution in [1.29, 1.82) is 0 Å². The summed E-state index contributed by atoms with van der Waals surface area (Å²) in [5.74, 6) is 0.560. The van der Waals surface area contributed by atoms with Gasteiger partial charge in [-0.15, -0.1) is 12.6 Å². The van der Waals surface area contributed by atoms with Crippen LogP contribution < -0.4 is 5.32 Å². The van der Waals surface area contributed by atoms with E-state index in [1.165, 1.54) is 0 Å². The molecular formula is C8H11N3OS. The lowest BCUT2D eigenvalue weighted by atomic mass is 10.3. The molecule has 1 fully saturated rings. The average Bonchev–Trinajstić information content (AvgIpc) is 2.90. The second kappa shape index (κ2) is 3.16. The molecule has 2 rings (SSSR count). The first-order chi connectivity index (χ1) is 6.24. The van der Waals surface area contributed by atoms with Gasteiger partial charge in [-0.05, 0) is 12.8 Å². The van der Waals surface area contributed by atoms with E-state index in [2.05, 4.69) is 27.9 Å². The Morgan fingerprint density at radius 1 is 1.46 bits per heavy atom. The van der Waals surface area contributed by atoms with E-state index in [-0.39, 0.29) is 12.1 Å². The lowest BCUT2D eigenvalue weighted by Crippen LogP contribution is -2.26. The summed E-state index contributed by atoms with van der Waals surface area (Å²) in [4.78, 5) is 8.82. The van der Waals surface area contributed by atoms with Crippen LogP contribution in [0.5, 0.6) is 0 Å². The third-order valence-electron chi connectivity index (χ3n) is 2.17. The first-order valence-electron chi connectivity index (χ1n) is 4.14. The van der Waals surface area contributed by atoms with Crippen molar-refractivity contribution in [2.75, 3.05) is 11.9 Å². The van der Waals surface area contributed by atoms with Crippen LogP contribution in [0.25, 0.3) is 0 Å². The number of aliphatic hydroxyl groups is 1. The normalized spacial score (nSPS) is 18.3. The maximum atomic E-state index is 9.04. The molecule has 13 heavy (non-hydrogen) atoms. The Morgan fingerprint density at radius 3 is 2.54 bits per heavy atom. The molecular weight excluding hydrogens is 186 g/mol. The average molecular weight is 197 g/mol. The number of rotatable bonds is 3. The van der Waals surface area contributed by atoms with Crippen LogP contribution in [0.4, 0.5) is 5.95 Å². The van der Waals surface area contributed by atoms with Crippen LogP contribution in [0.1, 0.15) is 12.8 Å². The second-order valence-electron chi connectivity index (χ2n) is 3.33. The molecule has 0 aliphatic heterocycles. The third kappa shape index (κ3) is 1.92. The second-order valence-corrected chi connectivity index (χ2v) is 3.84. The van der Waals surface area contributed by atoms with Crippen LogP contribution in [0, 0.1) is 0 Å². The summed E-state index contributed by atoms with van der Waals surface area (Å²) >= 11 is 4.08. The smallest absolute Gasteiger partial charge is 0.223 e. The largest absolute Gasteiger partial charge is 0.394 e. The molecule has 1 saturated carbocycles. The standard InChI is InChI=1S/C8H11N3OS/c12-5-8(1-2-8)11-7-9-3-6(13)4-10-7/h3-4,12-13H,1-2,5H2,(H,9,10,11). The van der Waals surface area contributed by atoms with E-state index in [1.807, 2.05) is 0 Å². The van der Waals surface area contributed by atoms with E-state index in [9.17, 15) is 0 Å². The molecule has 0 spiro atoms. The van der Waals surface area contributed by atoms with E-state index >= 15 is 0 Å². The van der Waals surface area contributed by atoms with Gasteiger partial charge in [0.15, 0.2) is 0 Å². The summed E-state index contributed by atoms with van der Waals surface area (Å²) in [5, 5.41) is 12.1. The molecule has 0 atom stereocenters. The molecule has 0 aromatic carbocycles. The number of aromatic nitrogens is 2. The molecule has 1 heterocycles. The number of hydrogen-bond acceptors (Lipinski definition) is 5. The maximum Gasteiger partial charge on any atom is 0.223 e. The summed E-state index contributed by atoms with van der Waals surface area (Å²) < 4.78 is 0. The molecule has 1 aliphatic rings. The highest BCUT2D eigenvalue weighted by Gasteiger charge is 2.42. The van der Waals surface area contributed by atoms with Gasteiger partial charge < -0.3 is 10.4 Å². The van der Waals surface area contributed by atoms with Gasteiger partial charge in [-0.25, -0.2) is 9.97 Å². The van der Waals surface area contributed by atoms with E-state index in [1.54, 1.807) is 12.4 Å². The summed E-state index contributed by atoms with van der Waals surface area (Å²) in [6, 6.07) is 0. The Bertz CT molecular complexity index is 297. The van der Waals surface area contributed by atoms with Gasteiger partial charge in [0.2, 0.25) is 5.95 Å². The summed E-state index contributed by atoms with van der Waals surface area (Å²) in [6.07, 6.45) is 5.22. The number of hydrogen-bond donors (Lipinski definition) is 3. The van der Waals surface area contributed by atoms with Gasteiger partial charge in [0, 0.05) is 17.3 Å². The molecule has 70 valence electrons. The molecule has 2 N–H and O–H groups in total. The maximum absolute atomic E-state index is 9.04. The summed E-state index contributed by atoms with van der Waals surface area (Å²) in [6.45, 7) is 0.138. The molecule has 1 aromatic rings. The molecule has 0 bridgehead atoms. The van der Waals surface area contributed by atoms with Crippen molar-refractivity contribution in [3.8, 4) is 0 Å². The first kappa shape index (κ1) is 8.77. The zero-order valence-electron chi connectivity index (χ0n) is 7.06. The number of anilines is 1. The van der Waals surface area contributed by atoms with Crippen molar-refractivity contribution in [1.82, 2.24) is 9.97 Å². The highest BCUT2D eigenvalue weighted by Crippen LogP contribution is 2.37. The van der Waals surface area contributed by atoms with Crippen molar-refractivity contribution in [3.63, 3.8) is 0 Å². The fraction of sp³-hybridized carbons (Fsp3) is 0.500. The van der Waals surface area contributed by atoms with Gasteiger partial charge in [-0.3, -0.25) is 0 Å². The highest BCUT2D eigenvalue weighted by atomic mass is 32.1. The predicted octanol–water partition coefficient (Wildman–Crippen LogP) is 0.702. The predicted molar refractivity (Wildman–Crippen MR) is 52.0 cm³/mol. The minimum atomic E-state index is -0.155. The van der Waals surface area contributed by atoms with Crippen LogP contribution in [0.3, 0.4) is 0 Å². The lowest BCUT2D eigenvalue weighted by Gasteiger charge is -2.13. The van der Waals surface area contributed by atoms with Gasteiger partial charge >= 0.3 is 0 Å². The Kier molecular flexibility index (Phi) is 2.13. The molecule has 4 nitrogen and oxygen atoms in total. The van der Waals surface area contributed by atoms with Gasteiger partial charge in [-0.1, -0.05) is 0 Å². The molecule has 0 radical (unpaired) electrons. The molecule has 0 amide bonds. The summed E-state index contributed by atoms with van der Waals surface area (Å²) in [5.41, 5.74) is -0.155. The van der Waals surface area contributed by atoms with Crippen LogP contribution in [-0.4, -0.2) is 27.2 Å². The van der Waals surface area contributed by atoms with Crippen molar-refractivity contribution in [2.24, 2.45) is 0 Å². The molecule has 5 heteroatoms. The molecule has 0 unspecified atom stereocenters. The fourth-order valence-electron chi connectivity index (χ4n) is 1.10. The Morgan fingerprint density at radius 2 is 2.08 bits per heavy atom. The Balaban J connectivity index is 2.06. The van der Waals surface area contributed by atoms with Gasteiger partial charge in [-0.2, -0.15) is 0 Å². The van der Waals surface area contributed by atoms with Crippen molar-refractivity contribution < 1.29 is 5.11 Å². The summed E-state index contributed by atoms with van der Waals surface area (Å²) in [7, 11) is 0. The third-order valence-corrected chi connectivity index (χ3v) is 2.40. The van der Waals surface area contributed by atoms with Crippen LogP contribution in [0.15, 0.2) is 17.3 Å². The van der Waals surface area contributed by atoms with Crippen molar-refractivity contribution in [2.45, 2.75) is 23.3 Å². The fourth-order valence-corrected chi connectivity index (χ4v) is 1.21. The number of aliphatic hydroxyl groups excluding tert-OH is 1. The van der Waals surface area contributed by atoms with Gasteiger partial charge in [0.05, 0.1) is 12.1 Å². The topological polar surface area (TPSA) is 58.0 Å². The Hall–Kier alpha value is -0.810. The number of thiol groups is 1. The quantitative estimate of drug-likeness (QED) is 0.624. The number of nitrogens with zero attached hydrogens (tertiary/aromatic N) is 2. The zero-order chi connectivity index (χ0) is 9.31. The molecule has 1 aromatic heterocycles.